The van der Waals surface area contributed by atoms with Gasteiger partial charge in [0.2, 0.25) is 0 Å². The first-order valence-electron chi connectivity index (χ1n) is 13.2. The second-order valence-electron chi connectivity index (χ2n) is 11.2. The van der Waals surface area contributed by atoms with Crippen molar-refractivity contribution in [2.45, 2.75) is 45.9 Å². The number of nitrogens with two attached hydrogens (primary N) is 1. The number of fused-ring (bicyclic) bond motifs is 1. The van der Waals surface area contributed by atoms with Gasteiger partial charge in [-0.15, -0.1) is 0 Å². The van der Waals surface area contributed by atoms with Crippen LogP contribution >= 0.6 is 11.6 Å². The van der Waals surface area contributed by atoms with Gasteiger partial charge in [-0.2, -0.15) is 0 Å². The molecular formula is C30H34ClN5O3. The Bertz CT molecular complexity index is 1490. The van der Waals surface area contributed by atoms with E-state index in [9.17, 15) is 9.59 Å². The highest BCUT2D eigenvalue weighted by molar-refractivity contribution is 6.30. The van der Waals surface area contributed by atoms with E-state index >= 15 is 0 Å². The van der Waals surface area contributed by atoms with Crippen molar-refractivity contribution in [1.29, 1.82) is 0 Å². The highest BCUT2D eigenvalue weighted by atomic mass is 35.5. The number of hydrogen-bond acceptors (Lipinski definition) is 6. The molecule has 2 aliphatic rings. The van der Waals surface area contributed by atoms with E-state index in [-0.39, 0.29) is 17.6 Å². The number of benzene rings is 2. The number of rotatable bonds is 6. The summed E-state index contributed by atoms with van der Waals surface area (Å²) in [6.45, 7) is 8.58. The molecule has 1 aromatic heterocycles. The first kappa shape index (κ1) is 26.8. The maximum Gasteiger partial charge on any atom is 0.410 e. The minimum absolute atomic E-state index is 0.0819. The normalized spacial score (nSPS) is 16.7. The van der Waals surface area contributed by atoms with E-state index in [1.54, 1.807) is 15.5 Å². The maximum atomic E-state index is 12.6. The Morgan fingerprint density at radius 2 is 2.00 bits per heavy atom. The van der Waals surface area contributed by atoms with Gasteiger partial charge in [0.15, 0.2) is 0 Å². The molecule has 8 nitrogen and oxygen atoms in total. The molecule has 0 aliphatic carbocycles. The molecule has 1 fully saturated rings. The number of amides is 1. The minimum atomic E-state index is -0.512. The zero-order valence-electron chi connectivity index (χ0n) is 22.5. The first-order chi connectivity index (χ1) is 18.6. The Morgan fingerprint density at radius 1 is 1.18 bits per heavy atom. The van der Waals surface area contributed by atoms with Gasteiger partial charge in [-0.1, -0.05) is 23.7 Å². The van der Waals surface area contributed by atoms with Crippen molar-refractivity contribution in [1.82, 2.24) is 9.47 Å². The molecule has 1 atom stereocenters. The maximum absolute atomic E-state index is 12.6. The molecule has 9 heteroatoms. The van der Waals surface area contributed by atoms with Gasteiger partial charge in [0.25, 0.3) is 5.56 Å². The van der Waals surface area contributed by atoms with Crippen LogP contribution in [0.15, 0.2) is 64.5 Å². The fourth-order valence-electron chi connectivity index (χ4n) is 5.09. The number of nitrogens with one attached hydrogen (secondary N) is 1. The number of hydrogen-bond donors (Lipinski definition) is 2. The molecule has 0 saturated carbocycles. The van der Waals surface area contributed by atoms with Crippen LogP contribution in [0.2, 0.25) is 5.02 Å². The van der Waals surface area contributed by atoms with E-state index < -0.39 is 5.60 Å². The molecule has 0 radical (unpaired) electrons. The molecule has 1 saturated heterocycles. The molecule has 2 aliphatic heterocycles. The molecule has 1 amide bonds. The second-order valence-corrected chi connectivity index (χ2v) is 11.7. The van der Waals surface area contributed by atoms with Gasteiger partial charge in [-0.25, -0.2) is 4.79 Å². The van der Waals surface area contributed by atoms with Crippen molar-refractivity contribution >= 4 is 29.2 Å². The fraction of sp³-hybridized carbons (Fsp3) is 0.367. The summed E-state index contributed by atoms with van der Waals surface area (Å²) in [5.74, 6) is 0.808. The van der Waals surface area contributed by atoms with Crippen LogP contribution in [0.3, 0.4) is 0 Å². The van der Waals surface area contributed by atoms with Crippen LogP contribution in [-0.2, 0) is 17.8 Å². The molecule has 5 rings (SSSR count). The number of carbonyl (C=O) groups excluding carboxylic acids is 1. The summed E-state index contributed by atoms with van der Waals surface area (Å²) in [5.41, 5.74) is 11.4. The van der Waals surface area contributed by atoms with Crippen LogP contribution in [0.1, 0.15) is 43.9 Å². The summed E-state index contributed by atoms with van der Waals surface area (Å²) < 4.78 is 7.23. The van der Waals surface area contributed by atoms with Crippen molar-refractivity contribution in [3.8, 4) is 11.1 Å². The Kier molecular flexibility index (Phi) is 7.40. The molecule has 3 heterocycles. The molecule has 0 bridgehead atoms. The van der Waals surface area contributed by atoms with Crippen LogP contribution in [0.5, 0.6) is 0 Å². The predicted octanol–water partition coefficient (Wildman–Crippen LogP) is 5.10. The van der Waals surface area contributed by atoms with Gasteiger partial charge < -0.3 is 25.3 Å². The Labute approximate surface area is 233 Å². The van der Waals surface area contributed by atoms with Crippen LogP contribution in [0, 0.1) is 5.92 Å². The molecular weight excluding hydrogens is 514 g/mol. The third kappa shape index (κ3) is 6.28. The zero-order chi connectivity index (χ0) is 27.7. The van der Waals surface area contributed by atoms with E-state index in [0.717, 1.165) is 39.9 Å². The number of ether oxygens (including phenoxy) is 1. The number of anilines is 1. The third-order valence-corrected chi connectivity index (χ3v) is 7.21. The standard InChI is InChI=1S/C30H34ClN5O3/c1-30(2,3)39-29(38)35-10-9-20(17-35)14-33-25-13-22(12-23-15-34-28(32)27(23)25)21-7-8-26(37)36(18-21)16-19-5-4-6-24(31)11-19/h4-8,11-13,18,20,33H,9-10,14-17H2,1-3H3,(H2,32,34). The molecule has 1 unspecified atom stereocenters. The van der Waals surface area contributed by atoms with Crippen molar-refractivity contribution in [3.05, 3.63) is 86.8 Å². The van der Waals surface area contributed by atoms with Crippen LogP contribution in [0.4, 0.5) is 10.5 Å². The Morgan fingerprint density at radius 3 is 2.77 bits per heavy atom. The van der Waals surface area contributed by atoms with E-state index in [2.05, 4.69) is 22.4 Å². The number of nitrogens with zero attached hydrogens (tertiary/aromatic N) is 3. The number of pyridine rings is 1. The number of aliphatic imine (C=N–C) groups is 1. The van der Waals surface area contributed by atoms with Crippen LogP contribution in [-0.4, -0.2) is 46.6 Å². The summed E-state index contributed by atoms with van der Waals surface area (Å²) in [5, 5.41) is 4.22. The van der Waals surface area contributed by atoms with Gasteiger partial charge in [-0.3, -0.25) is 9.79 Å². The predicted molar refractivity (Wildman–Crippen MR) is 156 cm³/mol. The second kappa shape index (κ2) is 10.8. The highest BCUT2D eigenvalue weighted by Gasteiger charge is 2.30. The zero-order valence-corrected chi connectivity index (χ0v) is 23.3. The van der Waals surface area contributed by atoms with Gasteiger partial charge >= 0.3 is 6.09 Å². The quantitative estimate of drug-likeness (QED) is 0.447. The van der Waals surface area contributed by atoms with E-state index in [1.807, 2.05) is 57.3 Å². The number of carbonyl (C=O) groups is 1. The van der Waals surface area contributed by atoms with E-state index in [4.69, 9.17) is 22.1 Å². The highest BCUT2D eigenvalue weighted by Crippen LogP contribution is 2.33. The lowest BCUT2D eigenvalue weighted by atomic mass is 9.98. The van der Waals surface area contributed by atoms with Gasteiger partial charge in [0, 0.05) is 48.2 Å². The van der Waals surface area contributed by atoms with Crippen LogP contribution < -0.4 is 16.6 Å². The topological polar surface area (TPSA) is 102 Å². The molecule has 204 valence electrons. The van der Waals surface area contributed by atoms with Crippen molar-refractivity contribution in [2.24, 2.45) is 16.6 Å². The summed E-state index contributed by atoms with van der Waals surface area (Å²) in [6.07, 6.45) is 2.51. The molecule has 3 N–H and O–H groups in total. The van der Waals surface area contributed by atoms with E-state index in [0.29, 0.717) is 43.6 Å². The summed E-state index contributed by atoms with van der Waals surface area (Å²) >= 11 is 6.15. The average Bonchev–Trinajstić information content (AvgIpc) is 3.50. The summed E-state index contributed by atoms with van der Waals surface area (Å²) in [7, 11) is 0. The van der Waals surface area contributed by atoms with Gasteiger partial charge in [0.05, 0.1) is 13.1 Å². The van der Waals surface area contributed by atoms with Crippen molar-refractivity contribution < 1.29 is 9.53 Å². The average molecular weight is 548 g/mol. The monoisotopic (exact) mass is 547 g/mol. The number of aromatic nitrogens is 1. The molecule has 3 aromatic rings. The van der Waals surface area contributed by atoms with E-state index in [1.165, 1.54) is 0 Å². The Balaban J connectivity index is 1.35. The SMILES string of the molecule is CC(C)(C)OC(=O)N1CCC(CNc2cc(-c3ccc(=O)n(Cc4cccc(Cl)c4)c3)cc3c2C(N)=NC3)C1. The fourth-order valence-corrected chi connectivity index (χ4v) is 5.30. The lowest BCUT2D eigenvalue weighted by molar-refractivity contribution is 0.0289. The molecule has 0 spiro atoms. The largest absolute Gasteiger partial charge is 0.444 e. The first-order valence-corrected chi connectivity index (χ1v) is 13.6. The smallest absolute Gasteiger partial charge is 0.410 e. The van der Waals surface area contributed by atoms with Gasteiger partial charge in [-0.05, 0) is 85.7 Å². The van der Waals surface area contributed by atoms with Crippen molar-refractivity contribution in [2.75, 3.05) is 25.0 Å². The molecule has 39 heavy (non-hydrogen) atoms. The number of amidine groups is 1. The minimum Gasteiger partial charge on any atom is -0.444 e. The summed E-state index contributed by atoms with van der Waals surface area (Å²) in [4.78, 5) is 31.4. The third-order valence-electron chi connectivity index (χ3n) is 6.97. The van der Waals surface area contributed by atoms with Crippen LogP contribution in [0.25, 0.3) is 11.1 Å². The molecule has 2 aromatic carbocycles. The lowest BCUT2D eigenvalue weighted by Crippen LogP contribution is -2.35. The number of likely N-dealkylation sites (tertiary alicyclic amines) is 1. The summed E-state index contributed by atoms with van der Waals surface area (Å²) in [6, 6.07) is 15.1. The lowest BCUT2D eigenvalue weighted by Gasteiger charge is -2.24. The number of halogens is 1. The Hall–Kier alpha value is -3.78. The van der Waals surface area contributed by atoms with Crippen molar-refractivity contribution in [3.63, 3.8) is 0 Å². The van der Waals surface area contributed by atoms with Gasteiger partial charge in [0.1, 0.15) is 11.4 Å².